The molecule has 0 saturated heterocycles. The first-order chi connectivity index (χ1) is 37.5. The highest BCUT2D eigenvalue weighted by molar-refractivity contribution is 5.71. The predicted octanol–water partition coefficient (Wildman–Crippen LogP) is 22.7. The van der Waals surface area contributed by atoms with Gasteiger partial charge in [-0.1, -0.05) is 306 Å². The van der Waals surface area contributed by atoms with Crippen molar-refractivity contribution in [3.63, 3.8) is 0 Å². The summed E-state index contributed by atoms with van der Waals surface area (Å²) in [5.74, 6) is -0.854. The van der Waals surface area contributed by atoms with Crippen molar-refractivity contribution >= 4 is 17.9 Å². The van der Waals surface area contributed by atoms with Crippen molar-refractivity contribution in [2.45, 2.75) is 354 Å². The lowest BCUT2D eigenvalue weighted by Crippen LogP contribution is -2.30. The van der Waals surface area contributed by atoms with Crippen LogP contribution in [0.15, 0.2) is 60.8 Å². The van der Waals surface area contributed by atoms with Crippen LogP contribution in [0.1, 0.15) is 348 Å². The van der Waals surface area contributed by atoms with Crippen LogP contribution in [0, 0.1) is 0 Å². The molecule has 0 aromatic carbocycles. The molecule has 0 amide bonds. The first-order valence-corrected chi connectivity index (χ1v) is 33.3. The zero-order valence-corrected chi connectivity index (χ0v) is 50.8. The molecule has 0 rings (SSSR count). The van der Waals surface area contributed by atoms with Gasteiger partial charge in [0.1, 0.15) is 13.2 Å². The monoisotopic (exact) mass is 1060 g/mol. The van der Waals surface area contributed by atoms with Crippen molar-refractivity contribution in [2.24, 2.45) is 0 Å². The Balaban J connectivity index is 4.25. The number of carbonyl (C=O) groups is 3. The highest BCUT2D eigenvalue weighted by atomic mass is 16.6. The Hall–Kier alpha value is -2.89. The van der Waals surface area contributed by atoms with Crippen LogP contribution in [0.2, 0.25) is 0 Å². The lowest BCUT2D eigenvalue weighted by Gasteiger charge is -2.18. The Morgan fingerprint density at radius 2 is 0.513 bits per heavy atom. The van der Waals surface area contributed by atoms with E-state index in [1.807, 2.05) is 0 Å². The molecule has 0 bridgehead atoms. The van der Waals surface area contributed by atoms with Gasteiger partial charge in [0, 0.05) is 19.3 Å². The molecular formula is C70H126O6. The average molecular weight is 1060 g/mol. The second-order valence-corrected chi connectivity index (χ2v) is 22.4. The summed E-state index contributed by atoms with van der Waals surface area (Å²) in [7, 11) is 0. The van der Waals surface area contributed by atoms with Crippen LogP contribution in [-0.4, -0.2) is 37.2 Å². The molecule has 0 heterocycles. The Labute approximate surface area is 472 Å². The van der Waals surface area contributed by atoms with E-state index in [9.17, 15) is 14.4 Å². The molecule has 0 aliphatic rings. The minimum atomic E-state index is -0.774. The molecule has 1 atom stereocenters. The van der Waals surface area contributed by atoms with E-state index in [0.717, 1.165) is 83.5 Å². The summed E-state index contributed by atoms with van der Waals surface area (Å²) in [6.45, 7) is 6.57. The van der Waals surface area contributed by atoms with Crippen LogP contribution in [0.3, 0.4) is 0 Å². The van der Waals surface area contributed by atoms with E-state index >= 15 is 0 Å². The molecular weight excluding hydrogens is 937 g/mol. The fourth-order valence-corrected chi connectivity index (χ4v) is 9.79. The van der Waals surface area contributed by atoms with Crippen molar-refractivity contribution in [3.8, 4) is 0 Å². The van der Waals surface area contributed by atoms with Gasteiger partial charge in [0.2, 0.25) is 0 Å². The Morgan fingerprint density at radius 1 is 0.276 bits per heavy atom. The lowest BCUT2D eigenvalue weighted by atomic mass is 10.0. The summed E-state index contributed by atoms with van der Waals surface area (Å²) < 4.78 is 17.0. The zero-order valence-electron chi connectivity index (χ0n) is 50.8. The third kappa shape index (κ3) is 62.0. The summed E-state index contributed by atoms with van der Waals surface area (Å²) in [5, 5.41) is 0. The Bertz CT molecular complexity index is 1360. The fraction of sp³-hybridized carbons (Fsp3) is 0.814. The van der Waals surface area contributed by atoms with E-state index in [-0.39, 0.29) is 31.1 Å². The molecule has 76 heavy (non-hydrogen) atoms. The molecule has 0 N–H and O–H groups in total. The van der Waals surface area contributed by atoms with E-state index in [2.05, 4.69) is 81.5 Å². The number of hydrogen-bond donors (Lipinski definition) is 0. The molecule has 0 aliphatic carbocycles. The number of allylic oxidation sites excluding steroid dienone is 10. The highest BCUT2D eigenvalue weighted by Crippen LogP contribution is 2.17. The smallest absolute Gasteiger partial charge is 0.306 e. The van der Waals surface area contributed by atoms with E-state index < -0.39 is 6.10 Å². The maximum Gasteiger partial charge on any atom is 0.306 e. The molecule has 442 valence electrons. The summed E-state index contributed by atoms with van der Waals surface area (Å²) in [6.07, 6.45) is 82.3. The van der Waals surface area contributed by atoms with E-state index in [0.29, 0.717) is 19.3 Å². The Morgan fingerprint density at radius 3 is 0.816 bits per heavy atom. The fourth-order valence-electron chi connectivity index (χ4n) is 9.79. The van der Waals surface area contributed by atoms with Crippen LogP contribution in [0.25, 0.3) is 0 Å². The van der Waals surface area contributed by atoms with Crippen LogP contribution in [0.5, 0.6) is 0 Å². The van der Waals surface area contributed by atoms with Crippen molar-refractivity contribution < 1.29 is 28.6 Å². The van der Waals surface area contributed by atoms with Crippen LogP contribution in [-0.2, 0) is 28.6 Å². The maximum atomic E-state index is 12.9. The lowest BCUT2D eigenvalue weighted by molar-refractivity contribution is -0.167. The second kappa shape index (κ2) is 64.6. The molecule has 0 aromatic rings. The van der Waals surface area contributed by atoms with Crippen molar-refractivity contribution in [1.82, 2.24) is 0 Å². The maximum absolute atomic E-state index is 12.9. The standard InChI is InChI=1S/C70H126O6/c1-4-7-10-13-16-19-22-25-28-30-31-32-33-34-35-36-37-38-39-41-42-45-48-51-54-57-60-63-69(72)75-66-67(65-74-68(71)62-59-56-53-50-47-44-27-24-21-18-15-12-9-6-3)76-70(73)64-61-58-55-52-49-46-43-40-29-26-23-20-17-14-11-8-5-2/h7,10,16,19,25-26,28-29,31-32,67H,4-6,8-9,11-15,17-18,20-24,27,30,33-66H2,1-3H3/b10-7-,19-16-,28-25-,29-26-,32-31-. The molecule has 0 radical (unpaired) electrons. The van der Waals surface area contributed by atoms with Gasteiger partial charge >= 0.3 is 17.9 Å². The summed E-state index contributed by atoms with van der Waals surface area (Å²) in [5.41, 5.74) is 0. The number of unbranched alkanes of at least 4 members (excludes halogenated alkanes) is 40. The number of carbonyl (C=O) groups excluding carboxylic acids is 3. The molecule has 1 unspecified atom stereocenters. The second-order valence-electron chi connectivity index (χ2n) is 22.4. The first kappa shape index (κ1) is 73.1. The summed E-state index contributed by atoms with van der Waals surface area (Å²) in [6, 6.07) is 0. The summed E-state index contributed by atoms with van der Waals surface area (Å²) >= 11 is 0. The number of ether oxygens (including phenoxy) is 3. The SMILES string of the molecule is CC/C=C\C/C=C\C/C=C\C/C=C\CCCCCCCCCCCCCCCCC(=O)OCC(COC(=O)CCCCCCCCCCCCCCCC)OC(=O)CCCCCCCCC/C=C\CCCCCCCC. The largest absolute Gasteiger partial charge is 0.462 e. The van der Waals surface area contributed by atoms with Gasteiger partial charge in [0.05, 0.1) is 0 Å². The number of hydrogen-bond acceptors (Lipinski definition) is 6. The van der Waals surface area contributed by atoms with E-state index in [4.69, 9.17) is 14.2 Å². The van der Waals surface area contributed by atoms with Crippen LogP contribution < -0.4 is 0 Å². The van der Waals surface area contributed by atoms with Crippen LogP contribution >= 0.6 is 0 Å². The van der Waals surface area contributed by atoms with Gasteiger partial charge < -0.3 is 14.2 Å². The molecule has 6 nitrogen and oxygen atoms in total. The van der Waals surface area contributed by atoms with Gasteiger partial charge in [-0.25, -0.2) is 0 Å². The van der Waals surface area contributed by atoms with Crippen molar-refractivity contribution in [2.75, 3.05) is 13.2 Å². The normalized spacial score (nSPS) is 12.4. The van der Waals surface area contributed by atoms with Gasteiger partial charge in [-0.3, -0.25) is 14.4 Å². The van der Waals surface area contributed by atoms with E-state index in [1.165, 1.54) is 225 Å². The predicted molar refractivity (Wildman–Crippen MR) is 330 cm³/mol. The molecule has 0 saturated carbocycles. The minimum Gasteiger partial charge on any atom is -0.462 e. The molecule has 0 aliphatic heterocycles. The average Bonchev–Trinajstić information content (AvgIpc) is 3.42. The van der Waals surface area contributed by atoms with Crippen molar-refractivity contribution in [1.29, 1.82) is 0 Å². The van der Waals surface area contributed by atoms with Gasteiger partial charge in [0.15, 0.2) is 6.10 Å². The Kier molecular flexibility index (Phi) is 62.2. The number of rotatable bonds is 61. The quantitative estimate of drug-likeness (QED) is 0.0261. The molecule has 0 spiro atoms. The van der Waals surface area contributed by atoms with Gasteiger partial charge in [-0.05, 0) is 83.5 Å². The van der Waals surface area contributed by atoms with Gasteiger partial charge in [-0.2, -0.15) is 0 Å². The van der Waals surface area contributed by atoms with Gasteiger partial charge in [-0.15, -0.1) is 0 Å². The highest BCUT2D eigenvalue weighted by Gasteiger charge is 2.19. The minimum absolute atomic E-state index is 0.0710. The van der Waals surface area contributed by atoms with Crippen LogP contribution in [0.4, 0.5) is 0 Å². The topological polar surface area (TPSA) is 78.9 Å². The molecule has 0 aromatic heterocycles. The summed E-state index contributed by atoms with van der Waals surface area (Å²) in [4.78, 5) is 38.3. The zero-order chi connectivity index (χ0) is 55.0. The first-order valence-electron chi connectivity index (χ1n) is 33.3. The van der Waals surface area contributed by atoms with Gasteiger partial charge in [0.25, 0.3) is 0 Å². The number of esters is 3. The third-order valence-electron chi connectivity index (χ3n) is 14.8. The molecule has 6 heteroatoms. The third-order valence-corrected chi connectivity index (χ3v) is 14.8. The van der Waals surface area contributed by atoms with Crippen molar-refractivity contribution in [3.05, 3.63) is 60.8 Å². The molecule has 0 fully saturated rings. The van der Waals surface area contributed by atoms with E-state index in [1.54, 1.807) is 0 Å².